The molecule has 0 radical (unpaired) electrons. The van der Waals surface area contributed by atoms with Crippen LogP contribution >= 0.6 is 0 Å². The molecule has 0 aliphatic heterocycles. The maximum atomic E-state index is 12.5. The van der Waals surface area contributed by atoms with Gasteiger partial charge in [0.1, 0.15) is 11.3 Å². The Bertz CT molecular complexity index is 866. The molecule has 0 saturated heterocycles. The summed E-state index contributed by atoms with van der Waals surface area (Å²) in [5, 5.41) is 10.7. The largest absolute Gasteiger partial charge is 0.297 e. The van der Waals surface area contributed by atoms with Gasteiger partial charge in [-0.25, -0.2) is 4.98 Å². The van der Waals surface area contributed by atoms with Gasteiger partial charge >= 0.3 is 0 Å². The number of aromatic nitrogens is 2. The van der Waals surface area contributed by atoms with Gasteiger partial charge in [0.25, 0.3) is 5.69 Å². The molecule has 0 bridgehead atoms. The fourth-order valence-electron chi connectivity index (χ4n) is 2.29. The summed E-state index contributed by atoms with van der Waals surface area (Å²) < 4.78 is 1.73. The molecule has 0 aliphatic carbocycles. The molecule has 3 rings (SSSR count). The molecule has 0 spiro atoms. The molecular weight excluding hydrogens is 282 g/mol. The van der Waals surface area contributed by atoms with Crippen LogP contribution in [0.3, 0.4) is 0 Å². The first-order valence-corrected chi connectivity index (χ1v) is 6.85. The average molecular weight is 295 g/mol. The molecule has 0 fully saturated rings. The third-order valence-corrected chi connectivity index (χ3v) is 3.56. The van der Waals surface area contributed by atoms with Crippen molar-refractivity contribution in [3.8, 4) is 0 Å². The van der Waals surface area contributed by atoms with Crippen LogP contribution in [0.2, 0.25) is 0 Å². The van der Waals surface area contributed by atoms with Crippen molar-refractivity contribution in [3.63, 3.8) is 0 Å². The van der Waals surface area contributed by atoms with E-state index in [0.717, 1.165) is 12.0 Å². The molecule has 6 heteroatoms. The van der Waals surface area contributed by atoms with E-state index < -0.39 is 4.92 Å². The molecule has 0 amide bonds. The van der Waals surface area contributed by atoms with Crippen molar-refractivity contribution >= 4 is 17.1 Å². The summed E-state index contributed by atoms with van der Waals surface area (Å²) in [6.45, 7) is 2.05. The van der Waals surface area contributed by atoms with Crippen LogP contribution in [0.25, 0.3) is 5.65 Å². The highest BCUT2D eigenvalue weighted by molar-refractivity contribution is 6.08. The van der Waals surface area contributed by atoms with Crippen molar-refractivity contribution < 1.29 is 9.72 Å². The Kier molecular flexibility index (Phi) is 3.42. The third kappa shape index (κ3) is 2.35. The second-order valence-corrected chi connectivity index (χ2v) is 4.89. The summed E-state index contributed by atoms with van der Waals surface area (Å²) in [6.07, 6.45) is 4.24. The molecular formula is C16H13N3O3. The Morgan fingerprint density at radius 1 is 1.27 bits per heavy atom. The number of nitro benzene ring substituents is 1. The molecule has 110 valence electrons. The van der Waals surface area contributed by atoms with Gasteiger partial charge < -0.3 is 0 Å². The van der Waals surface area contributed by atoms with Crippen LogP contribution in [0.5, 0.6) is 0 Å². The predicted octanol–water partition coefficient (Wildman–Crippen LogP) is 3.04. The number of hydrogen-bond acceptors (Lipinski definition) is 4. The number of benzene rings is 1. The van der Waals surface area contributed by atoms with Crippen molar-refractivity contribution in [1.82, 2.24) is 9.38 Å². The Hall–Kier alpha value is -3.02. The quantitative estimate of drug-likeness (QED) is 0.421. The van der Waals surface area contributed by atoms with Crippen LogP contribution in [0.4, 0.5) is 5.69 Å². The van der Waals surface area contributed by atoms with E-state index in [4.69, 9.17) is 0 Å². The standard InChI is InChI=1S/C16H13N3O3/c1-2-11-7-8-18-14(10-17-15(18)9-11)16(20)12-3-5-13(6-4-12)19(21)22/h3-10H,2H2,1H3. The third-order valence-electron chi connectivity index (χ3n) is 3.56. The van der Waals surface area contributed by atoms with Crippen molar-refractivity contribution in [2.45, 2.75) is 13.3 Å². The van der Waals surface area contributed by atoms with Crippen LogP contribution in [0.1, 0.15) is 28.5 Å². The number of carbonyl (C=O) groups is 1. The molecule has 2 aromatic heterocycles. The Morgan fingerprint density at radius 2 is 2.00 bits per heavy atom. The number of rotatable bonds is 4. The van der Waals surface area contributed by atoms with Crippen LogP contribution in [0.15, 0.2) is 48.8 Å². The van der Waals surface area contributed by atoms with Gasteiger partial charge in [0.15, 0.2) is 0 Å². The van der Waals surface area contributed by atoms with Crippen LogP contribution in [0, 0.1) is 10.1 Å². The highest BCUT2D eigenvalue weighted by Crippen LogP contribution is 2.17. The molecule has 22 heavy (non-hydrogen) atoms. The van der Waals surface area contributed by atoms with Gasteiger partial charge in [-0.05, 0) is 36.2 Å². The summed E-state index contributed by atoms with van der Waals surface area (Å²) in [6, 6.07) is 9.45. The molecule has 0 atom stereocenters. The number of aryl methyl sites for hydroxylation is 1. The number of hydrogen-bond donors (Lipinski definition) is 0. The zero-order valence-corrected chi connectivity index (χ0v) is 11.9. The number of non-ortho nitro benzene ring substituents is 1. The molecule has 1 aromatic carbocycles. The minimum absolute atomic E-state index is 0.0396. The highest BCUT2D eigenvalue weighted by Gasteiger charge is 2.15. The smallest absolute Gasteiger partial charge is 0.269 e. The second-order valence-electron chi connectivity index (χ2n) is 4.89. The highest BCUT2D eigenvalue weighted by atomic mass is 16.6. The monoisotopic (exact) mass is 295 g/mol. The van der Waals surface area contributed by atoms with Crippen molar-refractivity contribution in [3.05, 3.63) is 75.7 Å². The number of ketones is 1. The normalized spacial score (nSPS) is 10.8. The van der Waals surface area contributed by atoms with Crippen molar-refractivity contribution in [2.75, 3.05) is 0 Å². The van der Waals surface area contributed by atoms with Crippen LogP contribution in [-0.2, 0) is 6.42 Å². The number of nitrogens with zero attached hydrogens (tertiary/aromatic N) is 3. The molecule has 6 nitrogen and oxygen atoms in total. The molecule has 0 saturated carbocycles. The first-order valence-electron chi connectivity index (χ1n) is 6.85. The first kappa shape index (κ1) is 13.9. The van der Waals surface area contributed by atoms with Gasteiger partial charge in [-0.3, -0.25) is 19.3 Å². The zero-order valence-electron chi connectivity index (χ0n) is 11.9. The van der Waals surface area contributed by atoms with Crippen LogP contribution < -0.4 is 0 Å². The molecule has 0 aliphatic rings. The lowest BCUT2D eigenvalue weighted by Gasteiger charge is -2.03. The predicted molar refractivity (Wildman–Crippen MR) is 81.1 cm³/mol. The maximum Gasteiger partial charge on any atom is 0.269 e. The summed E-state index contributed by atoms with van der Waals surface area (Å²) in [7, 11) is 0. The van der Waals surface area contributed by atoms with Gasteiger partial charge in [-0.1, -0.05) is 6.92 Å². The van der Waals surface area contributed by atoms with Gasteiger partial charge in [0, 0.05) is 23.9 Å². The summed E-state index contributed by atoms with van der Waals surface area (Å²) in [5.74, 6) is -0.216. The number of carbonyl (C=O) groups excluding carboxylic acids is 1. The number of nitro groups is 1. The van der Waals surface area contributed by atoms with E-state index in [0.29, 0.717) is 16.9 Å². The van der Waals surface area contributed by atoms with E-state index in [1.807, 2.05) is 18.3 Å². The molecule has 0 N–H and O–H groups in total. The SMILES string of the molecule is CCc1ccn2c(C(=O)c3ccc([N+](=O)[O-])cc3)cnc2c1. The van der Waals surface area contributed by atoms with E-state index in [1.54, 1.807) is 4.40 Å². The van der Waals surface area contributed by atoms with E-state index in [2.05, 4.69) is 11.9 Å². The average Bonchev–Trinajstić information content (AvgIpc) is 2.97. The fourth-order valence-corrected chi connectivity index (χ4v) is 2.29. The van der Waals surface area contributed by atoms with Gasteiger partial charge in [0.2, 0.25) is 5.78 Å². The van der Waals surface area contributed by atoms with Gasteiger partial charge in [-0.2, -0.15) is 0 Å². The zero-order chi connectivity index (χ0) is 15.7. The van der Waals surface area contributed by atoms with E-state index in [1.165, 1.54) is 30.5 Å². The van der Waals surface area contributed by atoms with E-state index in [9.17, 15) is 14.9 Å². The molecule has 3 aromatic rings. The Labute approximate surface area is 126 Å². The summed E-state index contributed by atoms with van der Waals surface area (Å²) in [4.78, 5) is 26.9. The van der Waals surface area contributed by atoms with E-state index >= 15 is 0 Å². The van der Waals surface area contributed by atoms with Gasteiger partial charge in [0.05, 0.1) is 11.1 Å². The fraction of sp³-hybridized carbons (Fsp3) is 0.125. The maximum absolute atomic E-state index is 12.5. The topological polar surface area (TPSA) is 77.5 Å². The van der Waals surface area contributed by atoms with Crippen molar-refractivity contribution in [1.29, 1.82) is 0 Å². The van der Waals surface area contributed by atoms with E-state index in [-0.39, 0.29) is 11.5 Å². The van der Waals surface area contributed by atoms with Crippen molar-refractivity contribution in [2.24, 2.45) is 0 Å². The minimum Gasteiger partial charge on any atom is -0.297 e. The lowest BCUT2D eigenvalue weighted by molar-refractivity contribution is -0.384. The molecule has 2 heterocycles. The Balaban J connectivity index is 1.99. The number of imidazole rings is 1. The number of fused-ring (bicyclic) bond motifs is 1. The lowest BCUT2D eigenvalue weighted by atomic mass is 10.1. The van der Waals surface area contributed by atoms with Crippen LogP contribution in [-0.4, -0.2) is 20.1 Å². The minimum atomic E-state index is -0.491. The Morgan fingerprint density at radius 3 is 2.64 bits per heavy atom. The lowest BCUT2D eigenvalue weighted by Crippen LogP contribution is -2.05. The summed E-state index contributed by atoms with van der Waals surface area (Å²) >= 11 is 0. The summed E-state index contributed by atoms with van der Waals surface area (Å²) in [5.41, 5.74) is 2.65. The first-order chi connectivity index (χ1) is 10.6. The number of pyridine rings is 1. The molecule has 0 unspecified atom stereocenters. The van der Waals surface area contributed by atoms with Gasteiger partial charge in [-0.15, -0.1) is 0 Å². The second kappa shape index (κ2) is 5.40.